The van der Waals surface area contributed by atoms with Crippen molar-refractivity contribution in [3.63, 3.8) is 0 Å². The van der Waals surface area contributed by atoms with Gasteiger partial charge in [-0.2, -0.15) is 0 Å². The molecule has 1 heterocycles. The molecule has 0 bridgehead atoms. The van der Waals surface area contributed by atoms with E-state index in [0.29, 0.717) is 17.9 Å². The molecule has 0 atom stereocenters. The van der Waals surface area contributed by atoms with Gasteiger partial charge in [0.15, 0.2) is 0 Å². The third-order valence-corrected chi connectivity index (χ3v) is 5.07. The number of benzene rings is 2. The number of imidazole rings is 1. The second kappa shape index (κ2) is 9.96. The molecule has 1 N–H and O–H groups in total. The lowest BCUT2D eigenvalue weighted by molar-refractivity contribution is 0.144. The number of hydrogen-bond donors (Lipinski definition) is 1. The van der Waals surface area contributed by atoms with E-state index >= 15 is 0 Å². The molecule has 0 saturated heterocycles. The molecule has 0 aliphatic carbocycles. The summed E-state index contributed by atoms with van der Waals surface area (Å²) < 4.78 is 8.56. The summed E-state index contributed by atoms with van der Waals surface area (Å²) in [5, 5.41) is 8.94. The number of rotatable bonds is 9. The molecule has 0 radical (unpaired) electrons. The van der Waals surface area contributed by atoms with Crippen LogP contribution in [0.15, 0.2) is 59.5 Å². The van der Waals surface area contributed by atoms with E-state index in [2.05, 4.69) is 13.8 Å². The lowest BCUT2D eigenvalue weighted by Gasteiger charge is -2.10. The topological polar surface area (TPSA) is 73.5 Å². The van der Waals surface area contributed by atoms with E-state index in [1.165, 1.54) is 0 Å². The molecule has 0 aliphatic rings. The monoisotopic (exact) mass is 408 g/mol. The summed E-state index contributed by atoms with van der Waals surface area (Å²) in [4.78, 5) is 23.8. The van der Waals surface area contributed by atoms with Crippen LogP contribution in [0, 0.1) is 0 Å². The molecule has 3 aromatic rings. The van der Waals surface area contributed by atoms with Crippen molar-refractivity contribution in [1.29, 1.82) is 0 Å². The van der Waals surface area contributed by atoms with Gasteiger partial charge in [-0.05, 0) is 36.5 Å². The van der Waals surface area contributed by atoms with Crippen molar-refractivity contribution in [3.05, 3.63) is 76.5 Å². The van der Waals surface area contributed by atoms with Crippen LogP contribution in [0.4, 0.5) is 4.79 Å². The number of carboxylic acid groups (broad SMARTS) is 1. The molecule has 6 heteroatoms. The molecule has 2 aromatic carbocycles. The first kappa shape index (κ1) is 21.4. The molecular weight excluding hydrogens is 380 g/mol. The maximum Gasteiger partial charge on any atom is 0.511 e. The molecule has 158 valence electrons. The Morgan fingerprint density at radius 1 is 1.03 bits per heavy atom. The van der Waals surface area contributed by atoms with Gasteiger partial charge in [0, 0.05) is 24.0 Å². The van der Waals surface area contributed by atoms with Crippen LogP contribution in [0.5, 0.6) is 5.75 Å². The summed E-state index contributed by atoms with van der Waals surface area (Å²) in [6, 6.07) is 14.8. The normalized spacial score (nSPS) is 10.9. The Balaban J connectivity index is 1.86. The van der Waals surface area contributed by atoms with E-state index in [9.17, 15) is 9.59 Å². The van der Waals surface area contributed by atoms with E-state index in [0.717, 1.165) is 49.0 Å². The Kier molecular flexibility index (Phi) is 7.12. The van der Waals surface area contributed by atoms with Crippen LogP contribution in [0.3, 0.4) is 0 Å². The number of carbonyl (C=O) groups is 1. The molecule has 6 nitrogen and oxygen atoms in total. The standard InChI is InChI=1S/C24H28N2O4/c1-3-5-8-20-17-25(15-4-2)23(27)26(20)16-18-11-13-19(14-12-18)21-9-6-7-10-22(21)30-24(28)29/h6-7,9-14,17H,3-5,8,15-16H2,1-2H3,(H,28,29). The third kappa shape index (κ3) is 5.00. The fourth-order valence-corrected chi connectivity index (χ4v) is 3.57. The first-order chi connectivity index (χ1) is 14.5. The summed E-state index contributed by atoms with van der Waals surface area (Å²) in [6.45, 7) is 5.46. The second-order valence-corrected chi connectivity index (χ2v) is 7.35. The van der Waals surface area contributed by atoms with Crippen LogP contribution >= 0.6 is 0 Å². The Morgan fingerprint density at radius 2 is 1.77 bits per heavy atom. The zero-order valence-electron chi connectivity index (χ0n) is 17.5. The number of aromatic nitrogens is 2. The maximum absolute atomic E-state index is 12.8. The van der Waals surface area contributed by atoms with Crippen LogP contribution in [0.2, 0.25) is 0 Å². The average molecular weight is 408 g/mol. The largest absolute Gasteiger partial charge is 0.511 e. The summed E-state index contributed by atoms with van der Waals surface area (Å²) in [5.41, 5.74) is 3.69. The summed E-state index contributed by atoms with van der Waals surface area (Å²) in [7, 11) is 0. The van der Waals surface area contributed by atoms with Gasteiger partial charge in [-0.3, -0.25) is 9.13 Å². The molecule has 3 rings (SSSR count). The summed E-state index contributed by atoms with van der Waals surface area (Å²) in [5.74, 6) is 0.299. The lowest BCUT2D eigenvalue weighted by atomic mass is 10.0. The molecule has 0 aliphatic heterocycles. The lowest BCUT2D eigenvalue weighted by Crippen LogP contribution is -2.25. The number of para-hydroxylation sites is 1. The Hall–Kier alpha value is -3.28. The van der Waals surface area contributed by atoms with Crippen LogP contribution < -0.4 is 10.4 Å². The number of nitrogens with zero attached hydrogens (tertiary/aromatic N) is 2. The highest BCUT2D eigenvalue weighted by Gasteiger charge is 2.12. The summed E-state index contributed by atoms with van der Waals surface area (Å²) in [6.07, 6.45) is 4.60. The number of ether oxygens (including phenoxy) is 1. The van der Waals surface area contributed by atoms with Crippen molar-refractivity contribution in [1.82, 2.24) is 9.13 Å². The first-order valence-corrected chi connectivity index (χ1v) is 10.4. The summed E-state index contributed by atoms with van der Waals surface area (Å²) >= 11 is 0. The van der Waals surface area contributed by atoms with E-state index in [-0.39, 0.29) is 5.69 Å². The van der Waals surface area contributed by atoms with Crippen LogP contribution in [0.1, 0.15) is 44.4 Å². The zero-order valence-corrected chi connectivity index (χ0v) is 17.5. The van der Waals surface area contributed by atoms with Crippen molar-refractivity contribution in [2.75, 3.05) is 0 Å². The smallest absolute Gasteiger partial charge is 0.449 e. The predicted molar refractivity (Wildman–Crippen MR) is 117 cm³/mol. The zero-order chi connectivity index (χ0) is 21.5. The van der Waals surface area contributed by atoms with Crippen LogP contribution in [-0.4, -0.2) is 20.4 Å². The highest BCUT2D eigenvalue weighted by molar-refractivity contribution is 5.74. The van der Waals surface area contributed by atoms with Crippen molar-refractivity contribution in [2.24, 2.45) is 0 Å². The van der Waals surface area contributed by atoms with Crippen LogP contribution in [-0.2, 0) is 19.5 Å². The van der Waals surface area contributed by atoms with Gasteiger partial charge in [0.05, 0.1) is 6.54 Å². The highest BCUT2D eigenvalue weighted by atomic mass is 16.7. The third-order valence-electron chi connectivity index (χ3n) is 5.07. The molecule has 0 amide bonds. The van der Waals surface area contributed by atoms with Gasteiger partial charge < -0.3 is 9.84 Å². The molecule has 30 heavy (non-hydrogen) atoms. The Morgan fingerprint density at radius 3 is 2.43 bits per heavy atom. The highest BCUT2D eigenvalue weighted by Crippen LogP contribution is 2.30. The maximum atomic E-state index is 12.8. The predicted octanol–water partition coefficient (Wildman–Crippen LogP) is 5.17. The SMILES string of the molecule is CCCCc1cn(CCC)c(=O)n1Cc1ccc(-c2ccccc2OC(=O)O)cc1. The van der Waals surface area contributed by atoms with Gasteiger partial charge in [-0.1, -0.05) is 62.7 Å². The minimum atomic E-state index is -1.34. The fourth-order valence-electron chi connectivity index (χ4n) is 3.57. The molecule has 0 saturated carbocycles. The number of unbranched alkanes of at least 4 members (excludes halogenated alkanes) is 1. The van der Waals surface area contributed by atoms with Crippen molar-refractivity contribution >= 4 is 6.16 Å². The first-order valence-electron chi connectivity index (χ1n) is 10.4. The molecule has 0 fully saturated rings. The minimum Gasteiger partial charge on any atom is -0.449 e. The molecule has 0 unspecified atom stereocenters. The molecule has 1 aromatic heterocycles. The van der Waals surface area contributed by atoms with Gasteiger partial charge >= 0.3 is 11.8 Å². The van der Waals surface area contributed by atoms with Gasteiger partial charge in [-0.15, -0.1) is 0 Å². The van der Waals surface area contributed by atoms with Gasteiger partial charge in [0.25, 0.3) is 0 Å². The van der Waals surface area contributed by atoms with Crippen molar-refractivity contribution < 1.29 is 14.6 Å². The van der Waals surface area contributed by atoms with Gasteiger partial charge in [-0.25, -0.2) is 9.59 Å². The molecule has 0 spiro atoms. The Bertz CT molecular complexity index is 1050. The second-order valence-electron chi connectivity index (χ2n) is 7.35. The quantitative estimate of drug-likeness (QED) is 0.391. The van der Waals surface area contributed by atoms with Crippen molar-refractivity contribution in [2.45, 2.75) is 52.6 Å². The minimum absolute atomic E-state index is 0.0345. The Labute approximate surface area is 176 Å². The van der Waals surface area contributed by atoms with E-state index in [1.807, 2.05) is 47.2 Å². The van der Waals surface area contributed by atoms with Gasteiger partial charge in [0.2, 0.25) is 0 Å². The van der Waals surface area contributed by atoms with E-state index < -0.39 is 6.16 Å². The molecular formula is C24H28N2O4. The number of aryl methyl sites for hydroxylation is 2. The van der Waals surface area contributed by atoms with Crippen LogP contribution in [0.25, 0.3) is 11.1 Å². The van der Waals surface area contributed by atoms with Crippen molar-refractivity contribution in [3.8, 4) is 16.9 Å². The van der Waals surface area contributed by atoms with E-state index in [1.54, 1.807) is 16.7 Å². The van der Waals surface area contributed by atoms with Gasteiger partial charge in [0.1, 0.15) is 5.75 Å². The fraction of sp³-hybridized carbons (Fsp3) is 0.333. The number of hydrogen-bond acceptors (Lipinski definition) is 3. The van der Waals surface area contributed by atoms with E-state index in [4.69, 9.17) is 9.84 Å². The average Bonchev–Trinajstić information content (AvgIpc) is 3.02.